The lowest BCUT2D eigenvalue weighted by Crippen LogP contribution is -2.36. The van der Waals surface area contributed by atoms with Gasteiger partial charge in [-0.05, 0) is 50.4 Å². The van der Waals surface area contributed by atoms with Gasteiger partial charge in [-0.1, -0.05) is 13.0 Å². The monoisotopic (exact) mass is 292 g/mol. The van der Waals surface area contributed by atoms with Crippen LogP contribution in [0.5, 0.6) is 5.75 Å². The van der Waals surface area contributed by atoms with Crippen molar-refractivity contribution in [3.8, 4) is 5.75 Å². The summed E-state index contributed by atoms with van der Waals surface area (Å²) in [6, 6.07) is 6.48. The van der Waals surface area contributed by atoms with E-state index in [1.807, 2.05) is 6.92 Å². The minimum Gasteiger partial charge on any atom is -0.492 e. The third kappa shape index (κ3) is 4.61. The van der Waals surface area contributed by atoms with Gasteiger partial charge in [0.05, 0.1) is 18.4 Å². The SMILES string of the molecule is CCCNCc1ccc(N2CCC(O)CC2)c(OCC)c1. The van der Waals surface area contributed by atoms with Crippen LogP contribution >= 0.6 is 0 Å². The van der Waals surface area contributed by atoms with Crippen LogP contribution in [-0.4, -0.2) is 37.5 Å². The normalized spacial score (nSPS) is 16.2. The molecule has 0 spiro atoms. The van der Waals surface area contributed by atoms with Gasteiger partial charge in [0.2, 0.25) is 0 Å². The molecule has 2 N–H and O–H groups in total. The van der Waals surface area contributed by atoms with Gasteiger partial charge >= 0.3 is 0 Å². The first kappa shape index (κ1) is 16.1. The predicted molar refractivity (Wildman–Crippen MR) is 87.1 cm³/mol. The Bertz CT molecular complexity index is 429. The van der Waals surface area contributed by atoms with Crippen molar-refractivity contribution in [1.29, 1.82) is 0 Å². The van der Waals surface area contributed by atoms with Crippen molar-refractivity contribution < 1.29 is 9.84 Å². The van der Waals surface area contributed by atoms with Crippen LogP contribution in [-0.2, 0) is 6.54 Å². The quantitative estimate of drug-likeness (QED) is 0.758. The number of rotatable bonds is 7. The maximum Gasteiger partial charge on any atom is 0.142 e. The van der Waals surface area contributed by atoms with Gasteiger partial charge in [-0.25, -0.2) is 0 Å². The molecule has 0 atom stereocenters. The molecule has 1 aromatic carbocycles. The minimum atomic E-state index is -0.144. The molecule has 1 fully saturated rings. The number of piperidine rings is 1. The zero-order valence-corrected chi connectivity index (χ0v) is 13.3. The molecule has 0 amide bonds. The van der Waals surface area contributed by atoms with Crippen LogP contribution in [0.1, 0.15) is 38.7 Å². The molecule has 0 unspecified atom stereocenters. The fourth-order valence-electron chi connectivity index (χ4n) is 2.72. The number of hydrogen-bond acceptors (Lipinski definition) is 4. The van der Waals surface area contributed by atoms with E-state index in [9.17, 15) is 5.11 Å². The molecule has 0 radical (unpaired) electrons. The average molecular weight is 292 g/mol. The Kier molecular flexibility index (Phi) is 6.33. The number of anilines is 1. The molecule has 0 aliphatic carbocycles. The highest BCUT2D eigenvalue weighted by Crippen LogP contribution is 2.31. The molecule has 1 aliphatic heterocycles. The van der Waals surface area contributed by atoms with Crippen molar-refractivity contribution in [2.45, 2.75) is 45.8 Å². The standard InChI is InChI=1S/C17H28N2O2/c1-3-9-18-13-14-5-6-16(17(12-14)21-4-2)19-10-7-15(20)8-11-19/h5-6,12,15,18,20H,3-4,7-11,13H2,1-2H3. The second-order valence-corrected chi connectivity index (χ2v) is 5.63. The first-order valence-corrected chi connectivity index (χ1v) is 8.14. The molecule has 2 rings (SSSR count). The number of nitrogens with one attached hydrogen (secondary N) is 1. The maximum absolute atomic E-state index is 9.64. The fraction of sp³-hybridized carbons (Fsp3) is 0.647. The van der Waals surface area contributed by atoms with E-state index >= 15 is 0 Å². The van der Waals surface area contributed by atoms with Crippen molar-refractivity contribution in [2.75, 3.05) is 31.1 Å². The van der Waals surface area contributed by atoms with Crippen LogP contribution in [0.3, 0.4) is 0 Å². The fourth-order valence-corrected chi connectivity index (χ4v) is 2.72. The lowest BCUT2D eigenvalue weighted by Gasteiger charge is -2.32. The molecule has 4 nitrogen and oxygen atoms in total. The molecule has 1 heterocycles. The second-order valence-electron chi connectivity index (χ2n) is 5.63. The smallest absolute Gasteiger partial charge is 0.142 e. The number of hydrogen-bond donors (Lipinski definition) is 2. The van der Waals surface area contributed by atoms with Crippen LogP contribution < -0.4 is 15.0 Å². The Morgan fingerprint density at radius 2 is 2.05 bits per heavy atom. The molecular formula is C17H28N2O2. The highest BCUT2D eigenvalue weighted by atomic mass is 16.5. The Morgan fingerprint density at radius 1 is 1.29 bits per heavy atom. The van der Waals surface area contributed by atoms with Crippen LogP contribution in [0.2, 0.25) is 0 Å². The van der Waals surface area contributed by atoms with E-state index in [-0.39, 0.29) is 6.10 Å². The van der Waals surface area contributed by atoms with E-state index in [0.29, 0.717) is 6.61 Å². The highest BCUT2D eigenvalue weighted by molar-refractivity contribution is 5.60. The van der Waals surface area contributed by atoms with Gasteiger partial charge in [0.1, 0.15) is 5.75 Å². The van der Waals surface area contributed by atoms with E-state index in [2.05, 4.69) is 35.3 Å². The lowest BCUT2D eigenvalue weighted by molar-refractivity contribution is 0.145. The number of ether oxygens (including phenoxy) is 1. The molecule has 21 heavy (non-hydrogen) atoms. The zero-order valence-electron chi connectivity index (χ0n) is 13.3. The van der Waals surface area contributed by atoms with Crippen molar-refractivity contribution >= 4 is 5.69 Å². The van der Waals surface area contributed by atoms with E-state index in [0.717, 1.165) is 56.9 Å². The molecule has 1 saturated heterocycles. The number of benzene rings is 1. The minimum absolute atomic E-state index is 0.144. The summed E-state index contributed by atoms with van der Waals surface area (Å²) in [5.74, 6) is 0.963. The molecule has 1 aromatic rings. The topological polar surface area (TPSA) is 44.7 Å². The van der Waals surface area contributed by atoms with Gasteiger partial charge in [0.25, 0.3) is 0 Å². The highest BCUT2D eigenvalue weighted by Gasteiger charge is 2.20. The molecule has 4 heteroatoms. The van der Waals surface area contributed by atoms with Gasteiger partial charge in [-0.15, -0.1) is 0 Å². The van der Waals surface area contributed by atoms with E-state index < -0.39 is 0 Å². The number of nitrogens with zero attached hydrogens (tertiary/aromatic N) is 1. The number of aliphatic hydroxyl groups excluding tert-OH is 1. The Hall–Kier alpha value is -1.26. The molecule has 0 aromatic heterocycles. The van der Waals surface area contributed by atoms with Crippen molar-refractivity contribution in [3.05, 3.63) is 23.8 Å². The summed E-state index contributed by atoms with van der Waals surface area (Å²) in [7, 11) is 0. The summed E-state index contributed by atoms with van der Waals surface area (Å²) < 4.78 is 5.83. The predicted octanol–water partition coefficient (Wildman–Crippen LogP) is 2.55. The Balaban J connectivity index is 2.08. The summed E-state index contributed by atoms with van der Waals surface area (Å²) in [4.78, 5) is 2.32. The van der Waals surface area contributed by atoms with Crippen molar-refractivity contribution in [3.63, 3.8) is 0 Å². The van der Waals surface area contributed by atoms with Crippen LogP contribution in [0.15, 0.2) is 18.2 Å². The van der Waals surface area contributed by atoms with E-state index in [1.54, 1.807) is 0 Å². The van der Waals surface area contributed by atoms with Crippen LogP contribution in [0, 0.1) is 0 Å². The second kappa shape index (κ2) is 8.25. The zero-order chi connectivity index (χ0) is 15.1. The van der Waals surface area contributed by atoms with Gasteiger partial charge < -0.3 is 20.1 Å². The Labute approximate surface area is 128 Å². The van der Waals surface area contributed by atoms with Gasteiger partial charge in [0.15, 0.2) is 0 Å². The Morgan fingerprint density at radius 3 is 2.71 bits per heavy atom. The summed E-state index contributed by atoms with van der Waals surface area (Å²) in [5, 5.41) is 13.1. The third-order valence-electron chi connectivity index (χ3n) is 3.89. The third-order valence-corrected chi connectivity index (χ3v) is 3.89. The van der Waals surface area contributed by atoms with Crippen molar-refractivity contribution in [1.82, 2.24) is 5.32 Å². The van der Waals surface area contributed by atoms with E-state index in [4.69, 9.17) is 4.74 Å². The maximum atomic E-state index is 9.64. The average Bonchev–Trinajstić information content (AvgIpc) is 2.49. The molecule has 1 aliphatic rings. The summed E-state index contributed by atoms with van der Waals surface area (Å²) in [5.41, 5.74) is 2.41. The van der Waals surface area contributed by atoms with E-state index in [1.165, 1.54) is 5.56 Å². The molecule has 0 saturated carbocycles. The first-order chi connectivity index (χ1) is 10.2. The summed E-state index contributed by atoms with van der Waals surface area (Å²) in [6.45, 7) is 8.58. The molecule has 0 bridgehead atoms. The largest absolute Gasteiger partial charge is 0.492 e. The van der Waals surface area contributed by atoms with Gasteiger partial charge in [-0.2, -0.15) is 0 Å². The summed E-state index contributed by atoms with van der Waals surface area (Å²) in [6.07, 6.45) is 2.68. The van der Waals surface area contributed by atoms with Crippen molar-refractivity contribution in [2.24, 2.45) is 0 Å². The van der Waals surface area contributed by atoms with Crippen LogP contribution in [0.25, 0.3) is 0 Å². The summed E-state index contributed by atoms with van der Waals surface area (Å²) >= 11 is 0. The van der Waals surface area contributed by atoms with Gasteiger partial charge in [0, 0.05) is 19.6 Å². The molecule has 118 valence electrons. The first-order valence-electron chi connectivity index (χ1n) is 8.14. The molecular weight excluding hydrogens is 264 g/mol. The van der Waals surface area contributed by atoms with Crippen LogP contribution in [0.4, 0.5) is 5.69 Å². The number of aliphatic hydroxyl groups is 1. The lowest BCUT2D eigenvalue weighted by atomic mass is 10.1. The van der Waals surface area contributed by atoms with Gasteiger partial charge in [-0.3, -0.25) is 0 Å².